The van der Waals surface area contributed by atoms with Crippen LogP contribution in [0.1, 0.15) is 219 Å². The standard InChI is InChI=1S/C49H82N2O4/c1-3-5-7-9-11-13-15-17-19-21-23-25-27-29-31-33-41-54-47(52)49(50-44-39-35-37-43-38-36-40-45(51-49)46(43)44)48(53)55-42-34-32-30-28-26-24-22-20-18-16-14-12-10-8-6-4-2/h35-40,50-51H,3-34,41-42H2,1-2H3. The Hall–Kier alpha value is -2.76. The van der Waals surface area contributed by atoms with Gasteiger partial charge in [-0.25, -0.2) is 9.59 Å². The molecule has 1 aliphatic rings. The second-order valence-electron chi connectivity index (χ2n) is 16.6. The third-order valence-corrected chi connectivity index (χ3v) is 11.6. The van der Waals surface area contributed by atoms with E-state index in [0.29, 0.717) is 13.2 Å². The molecular weight excluding hydrogens is 681 g/mol. The lowest BCUT2D eigenvalue weighted by Crippen LogP contribution is -2.62. The molecule has 1 heterocycles. The molecule has 0 aliphatic carbocycles. The number of nitrogens with one attached hydrogen (secondary N) is 2. The third-order valence-electron chi connectivity index (χ3n) is 11.6. The molecule has 0 saturated carbocycles. The summed E-state index contributed by atoms with van der Waals surface area (Å²) in [5.41, 5.74) is -0.358. The molecule has 0 fully saturated rings. The molecule has 0 atom stereocenters. The first kappa shape index (κ1) is 46.6. The van der Waals surface area contributed by atoms with Crippen LogP contribution in [-0.4, -0.2) is 30.8 Å². The monoisotopic (exact) mass is 763 g/mol. The van der Waals surface area contributed by atoms with Crippen molar-refractivity contribution in [1.29, 1.82) is 0 Å². The number of hydrogen-bond donors (Lipinski definition) is 2. The minimum atomic E-state index is -1.81. The van der Waals surface area contributed by atoms with E-state index in [2.05, 4.69) is 24.5 Å². The molecule has 0 bridgehead atoms. The van der Waals surface area contributed by atoms with Crippen LogP contribution in [0.2, 0.25) is 0 Å². The van der Waals surface area contributed by atoms with Gasteiger partial charge in [0.1, 0.15) is 0 Å². The number of ether oxygens (including phenoxy) is 2. The summed E-state index contributed by atoms with van der Waals surface area (Å²) in [7, 11) is 0. The molecule has 0 spiro atoms. The Morgan fingerprint density at radius 3 is 0.982 bits per heavy atom. The first-order chi connectivity index (χ1) is 27.1. The minimum Gasteiger partial charge on any atom is -0.462 e. The number of rotatable bonds is 36. The lowest BCUT2D eigenvalue weighted by atomic mass is 9.99. The minimum absolute atomic E-state index is 0.292. The summed E-state index contributed by atoms with van der Waals surface area (Å²) in [5.74, 6) is -1.26. The molecule has 3 rings (SSSR count). The Morgan fingerprint density at radius 2 is 0.691 bits per heavy atom. The highest BCUT2D eigenvalue weighted by molar-refractivity contribution is 6.17. The van der Waals surface area contributed by atoms with Gasteiger partial charge in [0.2, 0.25) is 0 Å². The first-order valence-corrected chi connectivity index (χ1v) is 23.5. The van der Waals surface area contributed by atoms with E-state index in [-0.39, 0.29) is 0 Å². The van der Waals surface area contributed by atoms with E-state index in [9.17, 15) is 9.59 Å². The maximum Gasteiger partial charge on any atom is 0.365 e. The summed E-state index contributed by atoms with van der Waals surface area (Å²) in [6.07, 6.45) is 41.3. The van der Waals surface area contributed by atoms with Crippen molar-refractivity contribution >= 4 is 34.1 Å². The smallest absolute Gasteiger partial charge is 0.365 e. The lowest BCUT2D eigenvalue weighted by molar-refractivity contribution is -0.161. The van der Waals surface area contributed by atoms with Gasteiger partial charge in [-0.05, 0) is 30.4 Å². The van der Waals surface area contributed by atoms with Crippen molar-refractivity contribution in [1.82, 2.24) is 0 Å². The zero-order valence-corrected chi connectivity index (χ0v) is 35.6. The number of esters is 2. The normalized spacial score (nSPS) is 13.1. The van der Waals surface area contributed by atoms with Crippen molar-refractivity contribution in [2.75, 3.05) is 23.8 Å². The van der Waals surface area contributed by atoms with Crippen LogP contribution in [0.3, 0.4) is 0 Å². The number of hydrogen-bond acceptors (Lipinski definition) is 6. The Kier molecular flexibility index (Phi) is 25.8. The maximum atomic E-state index is 13.8. The molecule has 6 nitrogen and oxygen atoms in total. The highest BCUT2D eigenvalue weighted by Gasteiger charge is 2.52. The molecule has 2 aromatic carbocycles. The number of benzene rings is 2. The molecule has 55 heavy (non-hydrogen) atoms. The summed E-state index contributed by atoms with van der Waals surface area (Å²) >= 11 is 0. The van der Waals surface area contributed by atoms with Crippen molar-refractivity contribution in [3.05, 3.63) is 36.4 Å². The summed E-state index contributed by atoms with van der Waals surface area (Å²) in [4.78, 5) is 27.6. The number of carbonyl (C=O) groups is 2. The van der Waals surface area contributed by atoms with Gasteiger partial charge in [-0.2, -0.15) is 0 Å². The molecule has 312 valence electrons. The van der Waals surface area contributed by atoms with E-state index in [1.807, 2.05) is 36.4 Å². The predicted octanol–water partition coefficient (Wildman–Crippen LogP) is 15.0. The quantitative estimate of drug-likeness (QED) is 0.0409. The average molecular weight is 763 g/mol. The molecule has 0 aromatic heterocycles. The van der Waals surface area contributed by atoms with Crippen molar-refractivity contribution in [3.63, 3.8) is 0 Å². The van der Waals surface area contributed by atoms with Gasteiger partial charge in [-0.1, -0.05) is 231 Å². The molecule has 0 amide bonds. The van der Waals surface area contributed by atoms with Gasteiger partial charge in [-0.15, -0.1) is 0 Å². The van der Waals surface area contributed by atoms with Crippen molar-refractivity contribution < 1.29 is 19.1 Å². The van der Waals surface area contributed by atoms with Gasteiger partial charge in [0.05, 0.1) is 13.2 Å². The largest absolute Gasteiger partial charge is 0.462 e. The van der Waals surface area contributed by atoms with Crippen LogP contribution < -0.4 is 10.6 Å². The summed E-state index contributed by atoms with van der Waals surface area (Å²) in [6.45, 7) is 5.14. The molecule has 6 heteroatoms. The van der Waals surface area contributed by atoms with E-state index in [0.717, 1.165) is 60.7 Å². The van der Waals surface area contributed by atoms with Crippen molar-refractivity contribution in [2.45, 2.75) is 225 Å². The maximum absolute atomic E-state index is 13.8. The van der Waals surface area contributed by atoms with Crippen LogP contribution in [-0.2, 0) is 19.1 Å². The third kappa shape index (κ3) is 18.8. The number of anilines is 2. The fourth-order valence-corrected chi connectivity index (χ4v) is 8.12. The van der Waals surface area contributed by atoms with Gasteiger partial charge < -0.3 is 20.1 Å². The Bertz CT molecular complexity index is 1190. The Morgan fingerprint density at radius 1 is 0.418 bits per heavy atom. The second kappa shape index (κ2) is 30.4. The fraction of sp³-hybridized carbons (Fsp3) is 0.755. The summed E-state index contributed by atoms with van der Waals surface area (Å²) < 4.78 is 11.6. The zero-order chi connectivity index (χ0) is 39.1. The molecule has 0 unspecified atom stereocenters. The molecule has 0 saturated heterocycles. The van der Waals surface area contributed by atoms with Crippen molar-refractivity contribution in [3.8, 4) is 0 Å². The zero-order valence-electron chi connectivity index (χ0n) is 35.6. The Balaban J connectivity index is 1.30. The van der Waals surface area contributed by atoms with E-state index in [1.54, 1.807) is 0 Å². The molecular formula is C49H82N2O4. The van der Waals surface area contributed by atoms with Crippen LogP contribution in [0.4, 0.5) is 11.4 Å². The number of carbonyl (C=O) groups excluding carboxylic acids is 2. The van der Waals surface area contributed by atoms with Gasteiger partial charge >= 0.3 is 17.6 Å². The SMILES string of the molecule is CCCCCCCCCCCCCCCCCCOC(=O)C1(C(=O)OCCCCCCCCCCCCCCCCCC)Nc2cccc3cccc(c23)N1. The number of unbranched alkanes of at least 4 members (excludes halogenated alkanes) is 30. The highest BCUT2D eigenvalue weighted by atomic mass is 16.6. The molecule has 0 radical (unpaired) electrons. The highest BCUT2D eigenvalue weighted by Crippen LogP contribution is 2.38. The van der Waals surface area contributed by atoms with Gasteiger partial charge in [0, 0.05) is 16.8 Å². The summed E-state index contributed by atoms with van der Waals surface area (Å²) in [5, 5.41) is 8.44. The predicted molar refractivity (Wildman–Crippen MR) is 235 cm³/mol. The van der Waals surface area contributed by atoms with E-state index >= 15 is 0 Å². The molecule has 2 N–H and O–H groups in total. The molecule has 1 aliphatic heterocycles. The van der Waals surface area contributed by atoms with Crippen LogP contribution in [0, 0.1) is 0 Å². The molecule has 2 aromatic rings. The summed E-state index contributed by atoms with van der Waals surface area (Å²) in [6, 6.07) is 11.8. The van der Waals surface area contributed by atoms with Crippen molar-refractivity contribution in [2.24, 2.45) is 0 Å². The first-order valence-electron chi connectivity index (χ1n) is 23.5. The van der Waals surface area contributed by atoms with Crippen LogP contribution in [0.25, 0.3) is 10.8 Å². The topological polar surface area (TPSA) is 76.7 Å². The lowest BCUT2D eigenvalue weighted by Gasteiger charge is -2.37. The van der Waals surface area contributed by atoms with Gasteiger partial charge in [0.25, 0.3) is 0 Å². The van der Waals surface area contributed by atoms with E-state index in [4.69, 9.17) is 9.47 Å². The van der Waals surface area contributed by atoms with Gasteiger partial charge in [-0.3, -0.25) is 0 Å². The average Bonchev–Trinajstić information content (AvgIpc) is 3.20. The van der Waals surface area contributed by atoms with E-state index < -0.39 is 17.6 Å². The van der Waals surface area contributed by atoms with Crippen LogP contribution in [0.15, 0.2) is 36.4 Å². The second-order valence-corrected chi connectivity index (χ2v) is 16.6. The van der Waals surface area contributed by atoms with Crippen LogP contribution in [0.5, 0.6) is 0 Å². The Labute approximate surface area is 337 Å². The van der Waals surface area contributed by atoms with Crippen LogP contribution >= 0.6 is 0 Å². The van der Waals surface area contributed by atoms with E-state index in [1.165, 1.54) is 167 Å². The van der Waals surface area contributed by atoms with Gasteiger partial charge in [0.15, 0.2) is 0 Å². The fourth-order valence-electron chi connectivity index (χ4n) is 8.12.